The Hall–Kier alpha value is -2.73. The van der Waals surface area contributed by atoms with Gasteiger partial charge in [-0.2, -0.15) is 0 Å². The number of benzene rings is 3. The fourth-order valence-electron chi connectivity index (χ4n) is 4.84. The Morgan fingerprint density at radius 3 is 2.36 bits per heavy atom. The molecule has 1 N–H and O–H groups in total. The predicted octanol–water partition coefficient (Wildman–Crippen LogP) is 5.68. The number of hydrogen-bond donors (Lipinski definition) is 1. The van der Waals surface area contributed by atoms with Crippen LogP contribution in [0.5, 0.6) is 0 Å². The molecule has 3 aromatic carbocycles. The van der Waals surface area contributed by atoms with Crippen molar-refractivity contribution in [3.05, 3.63) is 101 Å². The molecule has 0 amide bonds. The summed E-state index contributed by atoms with van der Waals surface area (Å²) < 4.78 is 32.8. The molecule has 0 aliphatic carbocycles. The number of nitrogens with one attached hydrogen (secondary N) is 1. The van der Waals surface area contributed by atoms with Crippen LogP contribution in [0.2, 0.25) is 0 Å². The van der Waals surface area contributed by atoms with Crippen molar-refractivity contribution in [2.75, 3.05) is 18.5 Å². The molecule has 5 heteroatoms. The van der Waals surface area contributed by atoms with Crippen molar-refractivity contribution in [1.29, 1.82) is 0 Å². The zero-order chi connectivity index (χ0) is 22.5. The summed E-state index contributed by atoms with van der Waals surface area (Å²) in [6.45, 7) is 2.38. The zero-order valence-corrected chi connectivity index (χ0v) is 18.7. The maximum absolute atomic E-state index is 14.0. The fourth-order valence-corrected chi connectivity index (χ4v) is 4.84. The number of halogens is 1. The Morgan fingerprint density at radius 2 is 1.61 bits per heavy atom. The summed E-state index contributed by atoms with van der Waals surface area (Å²) in [7, 11) is 0. The molecule has 0 radical (unpaired) electrons. The molecule has 2 heterocycles. The van der Waals surface area contributed by atoms with Crippen molar-refractivity contribution in [2.45, 2.75) is 50.3 Å². The van der Waals surface area contributed by atoms with Gasteiger partial charge in [-0.3, -0.25) is 0 Å². The molecule has 4 atom stereocenters. The topological polar surface area (TPSA) is 39.7 Å². The molecule has 2 aliphatic heterocycles. The van der Waals surface area contributed by atoms with Crippen LogP contribution in [0.4, 0.5) is 10.1 Å². The van der Waals surface area contributed by atoms with Gasteiger partial charge in [-0.05, 0) is 34.9 Å². The molecule has 3 aromatic rings. The SMILES string of the molecule is Fc1ccc2c(c1)C([C@H]1C[C@@H](OCc3ccccc3)C[C@@H](COCc3ccccc3)O1)CN2. The van der Waals surface area contributed by atoms with Crippen LogP contribution in [0.1, 0.15) is 35.4 Å². The normalized spacial score (nSPS) is 24.3. The Kier molecular flexibility index (Phi) is 7.01. The maximum atomic E-state index is 14.0. The lowest BCUT2D eigenvalue weighted by Crippen LogP contribution is -2.42. The van der Waals surface area contributed by atoms with Crippen LogP contribution in [0.15, 0.2) is 78.9 Å². The second-order valence-corrected chi connectivity index (χ2v) is 8.91. The van der Waals surface area contributed by atoms with Crippen molar-refractivity contribution in [3.8, 4) is 0 Å². The summed E-state index contributed by atoms with van der Waals surface area (Å²) >= 11 is 0. The first-order chi connectivity index (χ1) is 16.2. The molecular formula is C28H30FNO3. The van der Waals surface area contributed by atoms with Crippen LogP contribution in [-0.2, 0) is 27.4 Å². The van der Waals surface area contributed by atoms with Crippen LogP contribution in [0.3, 0.4) is 0 Å². The van der Waals surface area contributed by atoms with E-state index in [0.717, 1.165) is 41.8 Å². The lowest BCUT2D eigenvalue weighted by atomic mass is 9.88. The summed E-state index contributed by atoms with van der Waals surface area (Å²) in [6.07, 6.45) is 1.51. The van der Waals surface area contributed by atoms with E-state index in [9.17, 15) is 4.39 Å². The molecule has 172 valence electrons. The smallest absolute Gasteiger partial charge is 0.123 e. The standard InChI is InChI=1S/C28H30FNO3/c29-22-11-12-27-25(13-22)26(16-30-27)28-15-23(32-18-21-9-5-2-6-10-21)14-24(33-28)19-31-17-20-7-3-1-4-8-20/h1-13,23-24,26,28,30H,14-19H2/t23-,24-,26?,28+/m0/s1. The van der Waals surface area contributed by atoms with Crippen molar-refractivity contribution in [2.24, 2.45) is 0 Å². The molecular weight excluding hydrogens is 417 g/mol. The Labute approximate surface area is 194 Å². The first-order valence-electron chi connectivity index (χ1n) is 11.7. The molecule has 0 bridgehead atoms. The van der Waals surface area contributed by atoms with Crippen LogP contribution in [0, 0.1) is 5.82 Å². The van der Waals surface area contributed by atoms with Crippen molar-refractivity contribution in [3.63, 3.8) is 0 Å². The summed E-state index contributed by atoms with van der Waals surface area (Å²) in [6, 6.07) is 25.3. The molecule has 4 nitrogen and oxygen atoms in total. The Balaban J connectivity index is 1.26. The third kappa shape index (κ3) is 5.61. The van der Waals surface area contributed by atoms with Crippen molar-refractivity contribution >= 4 is 5.69 Å². The van der Waals surface area contributed by atoms with Gasteiger partial charge < -0.3 is 19.5 Å². The second kappa shape index (κ2) is 10.5. The maximum Gasteiger partial charge on any atom is 0.123 e. The lowest BCUT2D eigenvalue weighted by Gasteiger charge is -2.38. The number of hydrogen-bond acceptors (Lipinski definition) is 4. The average molecular weight is 448 g/mol. The monoisotopic (exact) mass is 447 g/mol. The number of anilines is 1. The van der Waals surface area contributed by atoms with E-state index >= 15 is 0 Å². The third-order valence-electron chi connectivity index (χ3n) is 6.51. The zero-order valence-electron chi connectivity index (χ0n) is 18.7. The van der Waals surface area contributed by atoms with Gasteiger partial charge in [0.05, 0.1) is 38.1 Å². The minimum Gasteiger partial charge on any atom is -0.384 e. The molecule has 0 spiro atoms. The van der Waals surface area contributed by atoms with Gasteiger partial charge in [-0.25, -0.2) is 4.39 Å². The van der Waals surface area contributed by atoms with Gasteiger partial charge in [-0.15, -0.1) is 0 Å². The third-order valence-corrected chi connectivity index (χ3v) is 6.51. The number of rotatable bonds is 8. The van der Waals surface area contributed by atoms with Crippen LogP contribution in [-0.4, -0.2) is 31.5 Å². The molecule has 1 fully saturated rings. The highest BCUT2D eigenvalue weighted by molar-refractivity contribution is 5.58. The quantitative estimate of drug-likeness (QED) is 0.482. The van der Waals surface area contributed by atoms with E-state index < -0.39 is 0 Å². The van der Waals surface area contributed by atoms with E-state index in [1.807, 2.05) is 42.5 Å². The molecule has 0 saturated carbocycles. The minimum atomic E-state index is -0.210. The van der Waals surface area contributed by atoms with Crippen molar-refractivity contribution < 1.29 is 18.6 Å². The van der Waals surface area contributed by atoms with E-state index in [-0.39, 0.29) is 30.0 Å². The molecule has 5 rings (SSSR count). The largest absolute Gasteiger partial charge is 0.384 e. The Bertz CT molecular complexity index is 1030. The first-order valence-corrected chi connectivity index (χ1v) is 11.7. The van der Waals surface area contributed by atoms with E-state index in [1.165, 1.54) is 6.07 Å². The average Bonchev–Trinajstić information content (AvgIpc) is 3.27. The van der Waals surface area contributed by atoms with Gasteiger partial charge in [-0.1, -0.05) is 60.7 Å². The van der Waals surface area contributed by atoms with Gasteiger partial charge in [0.2, 0.25) is 0 Å². The molecule has 1 saturated heterocycles. The number of fused-ring (bicyclic) bond motifs is 1. The molecule has 1 unspecified atom stereocenters. The second-order valence-electron chi connectivity index (χ2n) is 8.91. The highest BCUT2D eigenvalue weighted by atomic mass is 19.1. The van der Waals surface area contributed by atoms with E-state index in [0.29, 0.717) is 19.8 Å². The lowest BCUT2D eigenvalue weighted by molar-refractivity contribution is -0.145. The molecule has 33 heavy (non-hydrogen) atoms. The van der Waals surface area contributed by atoms with E-state index in [1.54, 1.807) is 6.07 Å². The highest BCUT2D eigenvalue weighted by Gasteiger charge is 2.38. The minimum absolute atomic E-state index is 0.0552. The van der Waals surface area contributed by atoms with Crippen LogP contribution >= 0.6 is 0 Å². The van der Waals surface area contributed by atoms with Crippen LogP contribution in [0.25, 0.3) is 0 Å². The van der Waals surface area contributed by atoms with Gasteiger partial charge in [0.15, 0.2) is 0 Å². The Morgan fingerprint density at radius 1 is 0.879 bits per heavy atom. The van der Waals surface area contributed by atoms with Gasteiger partial charge in [0.25, 0.3) is 0 Å². The summed E-state index contributed by atoms with van der Waals surface area (Å²) in [5, 5.41) is 3.41. The van der Waals surface area contributed by atoms with E-state index in [4.69, 9.17) is 14.2 Å². The first kappa shape index (κ1) is 22.1. The van der Waals surface area contributed by atoms with E-state index in [2.05, 4.69) is 29.6 Å². The summed E-state index contributed by atoms with van der Waals surface area (Å²) in [4.78, 5) is 0. The van der Waals surface area contributed by atoms with Crippen LogP contribution < -0.4 is 5.32 Å². The molecule has 2 aliphatic rings. The van der Waals surface area contributed by atoms with Crippen molar-refractivity contribution in [1.82, 2.24) is 0 Å². The molecule has 0 aromatic heterocycles. The van der Waals surface area contributed by atoms with Gasteiger partial charge in [0, 0.05) is 31.0 Å². The summed E-state index contributed by atoms with van der Waals surface area (Å²) in [5.74, 6) is -0.117. The predicted molar refractivity (Wildman–Crippen MR) is 127 cm³/mol. The highest BCUT2D eigenvalue weighted by Crippen LogP contribution is 2.39. The fraction of sp³-hybridized carbons (Fsp3) is 0.357. The number of ether oxygens (including phenoxy) is 3. The summed E-state index contributed by atoms with van der Waals surface area (Å²) in [5.41, 5.74) is 4.29. The van der Waals surface area contributed by atoms with Gasteiger partial charge >= 0.3 is 0 Å². The van der Waals surface area contributed by atoms with Gasteiger partial charge in [0.1, 0.15) is 5.82 Å².